The zero-order valence-corrected chi connectivity index (χ0v) is 10.4. The second-order valence-electron chi connectivity index (χ2n) is 3.91. The lowest BCUT2D eigenvalue weighted by atomic mass is 10.2. The summed E-state index contributed by atoms with van der Waals surface area (Å²) in [5.74, 6) is 2.70. The van der Waals surface area contributed by atoms with E-state index in [2.05, 4.69) is 34.4 Å². The minimum Gasteiger partial charge on any atom is -0.490 e. The van der Waals surface area contributed by atoms with Crippen LogP contribution in [0.15, 0.2) is 6.33 Å². The number of nitrogens with one attached hydrogen (secondary N) is 2. The Balaban J connectivity index is 2.85. The summed E-state index contributed by atoms with van der Waals surface area (Å²) in [5.41, 5.74) is 0. The maximum atomic E-state index is 5.31. The Kier molecular flexibility index (Phi) is 4.82. The highest BCUT2D eigenvalue weighted by Crippen LogP contribution is 2.28. The lowest BCUT2D eigenvalue weighted by molar-refractivity contribution is 0.414. The van der Waals surface area contributed by atoms with Crippen molar-refractivity contribution < 1.29 is 4.74 Å². The van der Waals surface area contributed by atoms with Gasteiger partial charge < -0.3 is 15.4 Å². The predicted molar refractivity (Wildman–Crippen MR) is 66.1 cm³/mol. The molecule has 0 spiro atoms. The summed E-state index contributed by atoms with van der Waals surface area (Å²) in [4.78, 5) is 8.32. The molecule has 0 unspecified atom stereocenters. The van der Waals surface area contributed by atoms with Gasteiger partial charge >= 0.3 is 0 Å². The molecule has 0 bridgehead atoms. The van der Waals surface area contributed by atoms with E-state index in [1.807, 2.05) is 6.92 Å². The fraction of sp³-hybridized carbons (Fsp3) is 0.636. The van der Waals surface area contributed by atoms with Gasteiger partial charge in [0.1, 0.15) is 6.33 Å². The molecule has 1 aromatic rings. The molecule has 5 heteroatoms. The molecule has 1 heterocycles. The van der Waals surface area contributed by atoms with E-state index >= 15 is 0 Å². The molecule has 2 N–H and O–H groups in total. The Bertz CT molecular complexity index is 328. The van der Waals surface area contributed by atoms with Gasteiger partial charge in [-0.2, -0.15) is 0 Å². The number of anilines is 2. The molecule has 90 valence electrons. The van der Waals surface area contributed by atoms with Gasteiger partial charge in [0.2, 0.25) is 5.75 Å². The summed E-state index contributed by atoms with van der Waals surface area (Å²) < 4.78 is 5.31. The van der Waals surface area contributed by atoms with Crippen LogP contribution in [-0.4, -0.2) is 30.2 Å². The third kappa shape index (κ3) is 3.25. The molecule has 0 radical (unpaired) electrons. The van der Waals surface area contributed by atoms with Gasteiger partial charge in [-0.3, -0.25) is 0 Å². The van der Waals surface area contributed by atoms with Crippen molar-refractivity contribution in [2.45, 2.75) is 20.8 Å². The minimum absolute atomic E-state index is 0.558. The van der Waals surface area contributed by atoms with Crippen molar-refractivity contribution >= 4 is 11.6 Å². The van der Waals surface area contributed by atoms with Crippen molar-refractivity contribution in [3.8, 4) is 5.75 Å². The van der Waals surface area contributed by atoms with Gasteiger partial charge in [0.15, 0.2) is 11.6 Å². The number of ether oxygens (including phenoxy) is 1. The molecule has 0 aromatic carbocycles. The quantitative estimate of drug-likeness (QED) is 0.773. The highest BCUT2D eigenvalue weighted by molar-refractivity contribution is 5.63. The van der Waals surface area contributed by atoms with E-state index in [1.165, 1.54) is 6.33 Å². The maximum absolute atomic E-state index is 5.31. The first-order valence-corrected chi connectivity index (χ1v) is 5.55. The topological polar surface area (TPSA) is 59.1 Å². The summed E-state index contributed by atoms with van der Waals surface area (Å²) in [7, 11) is 1.63. The second-order valence-corrected chi connectivity index (χ2v) is 3.91. The first-order valence-electron chi connectivity index (χ1n) is 5.55. The lowest BCUT2D eigenvalue weighted by Crippen LogP contribution is -2.12. The predicted octanol–water partition coefficient (Wildman–Crippen LogP) is 1.98. The van der Waals surface area contributed by atoms with Crippen LogP contribution in [0.25, 0.3) is 0 Å². The third-order valence-electron chi connectivity index (χ3n) is 2.03. The van der Waals surface area contributed by atoms with Crippen molar-refractivity contribution in [1.29, 1.82) is 0 Å². The maximum Gasteiger partial charge on any atom is 0.204 e. The Morgan fingerprint density at radius 2 is 1.88 bits per heavy atom. The number of hydrogen-bond donors (Lipinski definition) is 2. The molecule has 0 aliphatic carbocycles. The molecule has 0 amide bonds. The van der Waals surface area contributed by atoms with Crippen LogP contribution in [0.4, 0.5) is 11.6 Å². The number of hydrogen-bond acceptors (Lipinski definition) is 5. The Labute approximate surface area is 96.6 Å². The summed E-state index contributed by atoms with van der Waals surface area (Å²) in [6.07, 6.45) is 1.53. The van der Waals surface area contributed by atoms with E-state index in [9.17, 15) is 0 Å². The van der Waals surface area contributed by atoms with Crippen molar-refractivity contribution in [3.63, 3.8) is 0 Å². The molecule has 0 fully saturated rings. The normalized spacial score (nSPS) is 10.3. The fourth-order valence-corrected chi connectivity index (χ4v) is 1.29. The van der Waals surface area contributed by atoms with Gasteiger partial charge in [0, 0.05) is 13.1 Å². The zero-order chi connectivity index (χ0) is 12.0. The molecular weight excluding hydrogens is 204 g/mol. The Morgan fingerprint density at radius 3 is 2.38 bits per heavy atom. The largest absolute Gasteiger partial charge is 0.490 e. The molecule has 0 saturated heterocycles. The second kappa shape index (κ2) is 6.15. The Hall–Kier alpha value is -1.52. The van der Waals surface area contributed by atoms with Crippen LogP contribution in [0.1, 0.15) is 20.8 Å². The van der Waals surface area contributed by atoms with Crippen molar-refractivity contribution in [2.75, 3.05) is 30.8 Å². The highest BCUT2D eigenvalue weighted by Gasteiger charge is 2.11. The fourth-order valence-electron chi connectivity index (χ4n) is 1.29. The van der Waals surface area contributed by atoms with Crippen LogP contribution in [-0.2, 0) is 0 Å². The molecule has 1 rings (SSSR count). The van der Waals surface area contributed by atoms with E-state index in [1.54, 1.807) is 7.11 Å². The molecule has 0 saturated carbocycles. The smallest absolute Gasteiger partial charge is 0.204 e. The summed E-state index contributed by atoms with van der Waals surface area (Å²) in [6.45, 7) is 7.97. The number of rotatable bonds is 6. The molecule has 0 atom stereocenters. The zero-order valence-electron chi connectivity index (χ0n) is 10.4. The first kappa shape index (κ1) is 12.5. The van der Waals surface area contributed by atoms with Crippen LogP contribution in [0, 0.1) is 5.92 Å². The van der Waals surface area contributed by atoms with Crippen molar-refractivity contribution in [1.82, 2.24) is 9.97 Å². The van der Waals surface area contributed by atoms with Crippen LogP contribution in [0.2, 0.25) is 0 Å². The molecule has 1 aromatic heterocycles. The van der Waals surface area contributed by atoms with Gasteiger partial charge in [0.05, 0.1) is 7.11 Å². The molecular formula is C11H20N4O. The van der Waals surface area contributed by atoms with Gasteiger partial charge in [0.25, 0.3) is 0 Å². The average molecular weight is 224 g/mol. The van der Waals surface area contributed by atoms with Crippen LogP contribution in [0.3, 0.4) is 0 Å². The minimum atomic E-state index is 0.558. The average Bonchev–Trinajstić information content (AvgIpc) is 2.27. The van der Waals surface area contributed by atoms with Gasteiger partial charge in [-0.1, -0.05) is 13.8 Å². The lowest BCUT2D eigenvalue weighted by Gasteiger charge is -2.14. The third-order valence-corrected chi connectivity index (χ3v) is 2.03. The molecule has 0 aliphatic heterocycles. The number of methoxy groups -OCH3 is 1. The van der Waals surface area contributed by atoms with Gasteiger partial charge in [-0.25, -0.2) is 9.97 Å². The summed E-state index contributed by atoms with van der Waals surface area (Å²) in [5, 5.41) is 6.39. The van der Waals surface area contributed by atoms with E-state index in [0.29, 0.717) is 11.7 Å². The van der Waals surface area contributed by atoms with Crippen LogP contribution >= 0.6 is 0 Å². The highest BCUT2D eigenvalue weighted by atomic mass is 16.5. The number of nitrogens with zero attached hydrogens (tertiary/aromatic N) is 2. The summed E-state index contributed by atoms with van der Waals surface area (Å²) in [6, 6.07) is 0. The SMILES string of the molecule is CCNc1ncnc(NCC(C)C)c1OC. The molecule has 0 aliphatic rings. The Morgan fingerprint density at radius 1 is 1.25 bits per heavy atom. The summed E-state index contributed by atoms with van der Waals surface area (Å²) >= 11 is 0. The van der Waals surface area contributed by atoms with Crippen molar-refractivity contribution in [3.05, 3.63) is 6.33 Å². The molecule has 16 heavy (non-hydrogen) atoms. The number of aromatic nitrogens is 2. The van der Waals surface area contributed by atoms with E-state index < -0.39 is 0 Å². The first-order chi connectivity index (χ1) is 7.69. The van der Waals surface area contributed by atoms with Gasteiger partial charge in [-0.15, -0.1) is 0 Å². The van der Waals surface area contributed by atoms with Crippen LogP contribution in [0.5, 0.6) is 5.75 Å². The monoisotopic (exact) mass is 224 g/mol. The van der Waals surface area contributed by atoms with Gasteiger partial charge in [-0.05, 0) is 12.8 Å². The van der Waals surface area contributed by atoms with E-state index in [0.717, 1.165) is 24.7 Å². The van der Waals surface area contributed by atoms with E-state index in [4.69, 9.17) is 4.74 Å². The standard InChI is InChI=1S/C11H20N4O/c1-5-12-10-9(16-4)11(15-7-14-10)13-6-8(2)3/h7-8H,5-6H2,1-4H3,(H2,12,13,14,15). The van der Waals surface area contributed by atoms with E-state index in [-0.39, 0.29) is 0 Å². The van der Waals surface area contributed by atoms with Crippen molar-refractivity contribution in [2.24, 2.45) is 5.92 Å². The molecule has 5 nitrogen and oxygen atoms in total. The van der Waals surface area contributed by atoms with Crippen LogP contribution < -0.4 is 15.4 Å².